The number of allylic oxidation sites excluding steroid dienone is 16. The molecule has 0 N–H and O–H groups in total. The van der Waals surface area contributed by atoms with Crippen molar-refractivity contribution in [2.45, 2.75) is 284 Å². The van der Waals surface area contributed by atoms with Crippen molar-refractivity contribution in [1.29, 1.82) is 0 Å². The van der Waals surface area contributed by atoms with Crippen LogP contribution in [0.1, 0.15) is 278 Å². The van der Waals surface area contributed by atoms with Gasteiger partial charge in [0.25, 0.3) is 0 Å². The van der Waals surface area contributed by atoms with Gasteiger partial charge in [-0.1, -0.05) is 253 Å². The fourth-order valence-electron chi connectivity index (χ4n) is 8.12. The van der Waals surface area contributed by atoms with Crippen molar-refractivity contribution in [2.24, 2.45) is 0 Å². The maximum atomic E-state index is 12.8. The molecule has 71 heavy (non-hydrogen) atoms. The summed E-state index contributed by atoms with van der Waals surface area (Å²) < 4.78 is 16.7. The Hall–Kier alpha value is -3.67. The van der Waals surface area contributed by atoms with E-state index in [4.69, 9.17) is 14.2 Å². The van der Waals surface area contributed by atoms with Crippen molar-refractivity contribution in [1.82, 2.24) is 0 Å². The predicted molar refractivity (Wildman–Crippen MR) is 307 cm³/mol. The van der Waals surface area contributed by atoms with Crippen LogP contribution in [-0.4, -0.2) is 37.2 Å². The molecule has 0 amide bonds. The van der Waals surface area contributed by atoms with E-state index in [-0.39, 0.29) is 31.1 Å². The molecule has 0 radical (unpaired) electrons. The molecule has 1 unspecified atom stereocenters. The third kappa shape index (κ3) is 57.1. The van der Waals surface area contributed by atoms with E-state index >= 15 is 0 Å². The van der Waals surface area contributed by atoms with E-state index in [1.807, 2.05) is 0 Å². The van der Waals surface area contributed by atoms with E-state index in [1.54, 1.807) is 0 Å². The van der Waals surface area contributed by atoms with Crippen LogP contribution in [0.3, 0.4) is 0 Å². The third-order valence-electron chi connectivity index (χ3n) is 12.6. The number of rotatable bonds is 53. The molecule has 6 nitrogen and oxygen atoms in total. The van der Waals surface area contributed by atoms with Crippen LogP contribution in [0.4, 0.5) is 0 Å². The first-order chi connectivity index (χ1) is 35.0. The molecule has 406 valence electrons. The van der Waals surface area contributed by atoms with E-state index in [1.165, 1.54) is 116 Å². The Labute approximate surface area is 438 Å². The smallest absolute Gasteiger partial charge is 0.306 e. The van der Waals surface area contributed by atoms with E-state index in [0.717, 1.165) is 122 Å². The highest BCUT2D eigenvalue weighted by Crippen LogP contribution is 2.15. The molecule has 0 aromatic heterocycles. The van der Waals surface area contributed by atoms with Crippen molar-refractivity contribution in [3.8, 4) is 0 Å². The van der Waals surface area contributed by atoms with Gasteiger partial charge in [0.15, 0.2) is 6.10 Å². The van der Waals surface area contributed by atoms with Crippen molar-refractivity contribution < 1.29 is 28.6 Å². The lowest BCUT2D eigenvalue weighted by Gasteiger charge is -2.18. The topological polar surface area (TPSA) is 78.9 Å². The number of ether oxygens (including phenoxy) is 3. The highest BCUT2D eigenvalue weighted by atomic mass is 16.6. The number of carbonyl (C=O) groups is 3. The minimum atomic E-state index is -0.789. The average Bonchev–Trinajstić information content (AvgIpc) is 3.37. The molecular weight excluding hydrogens is 877 g/mol. The minimum Gasteiger partial charge on any atom is -0.462 e. The van der Waals surface area contributed by atoms with E-state index in [9.17, 15) is 14.4 Å². The van der Waals surface area contributed by atoms with Crippen molar-refractivity contribution in [3.05, 3.63) is 97.2 Å². The number of hydrogen-bond acceptors (Lipinski definition) is 6. The Bertz CT molecular complexity index is 1410. The maximum absolute atomic E-state index is 12.8. The molecule has 0 rings (SSSR count). The van der Waals surface area contributed by atoms with Crippen molar-refractivity contribution in [3.63, 3.8) is 0 Å². The number of esters is 3. The molecule has 0 aromatic carbocycles. The van der Waals surface area contributed by atoms with Gasteiger partial charge in [-0.05, 0) is 103 Å². The number of hydrogen-bond donors (Lipinski definition) is 0. The lowest BCUT2D eigenvalue weighted by atomic mass is 10.0. The summed E-state index contributed by atoms with van der Waals surface area (Å²) in [7, 11) is 0. The van der Waals surface area contributed by atoms with Gasteiger partial charge in [-0.25, -0.2) is 0 Å². The molecule has 0 aromatic rings. The van der Waals surface area contributed by atoms with Gasteiger partial charge in [0.05, 0.1) is 0 Å². The quantitative estimate of drug-likeness (QED) is 0.0261. The van der Waals surface area contributed by atoms with Gasteiger partial charge in [-0.3, -0.25) is 14.4 Å². The lowest BCUT2D eigenvalue weighted by Crippen LogP contribution is -2.30. The van der Waals surface area contributed by atoms with Crippen LogP contribution in [0, 0.1) is 0 Å². The van der Waals surface area contributed by atoms with Gasteiger partial charge >= 0.3 is 17.9 Å². The summed E-state index contributed by atoms with van der Waals surface area (Å²) in [6.07, 6.45) is 78.8. The second-order valence-corrected chi connectivity index (χ2v) is 19.5. The molecule has 0 spiro atoms. The molecule has 0 aliphatic rings. The first kappa shape index (κ1) is 67.3. The van der Waals surface area contributed by atoms with E-state index in [2.05, 4.69) is 118 Å². The number of carbonyl (C=O) groups excluding carboxylic acids is 3. The van der Waals surface area contributed by atoms with Gasteiger partial charge in [0, 0.05) is 19.3 Å². The van der Waals surface area contributed by atoms with Crippen molar-refractivity contribution in [2.75, 3.05) is 13.2 Å². The molecule has 6 heteroatoms. The Kier molecular flexibility index (Phi) is 55.9. The van der Waals surface area contributed by atoms with E-state index in [0.29, 0.717) is 19.3 Å². The molecule has 0 aliphatic carbocycles. The molecular formula is C65H110O6. The van der Waals surface area contributed by atoms with Gasteiger partial charge < -0.3 is 14.2 Å². The fourth-order valence-corrected chi connectivity index (χ4v) is 8.12. The Morgan fingerprint density at radius 3 is 0.859 bits per heavy atom. The van der Waals surface area contributed by atoms with E-state index < -0.39 is 6.10 Å². The second kappa shape index (κ2) is 58.9. The summed E-state index contributed by atoms with van der Waals surface area (Å²) in [4.78, 5) is 37.8. The largest absolute Gasteiger partial charge is 0.462 e. The van der Waals surface area contributed by atoms with Gasteiger partial charge in [0.2, 0.25) is 0 Å². The fraction of sp³-hybridized carbons (Fsp3) is 0.708. The van der Waals surface area contributed by atoms with Gasteiger partial charge in [-0.2, -0.15) is 0 Å². The highest BCUT2D eigenvalue weighted by molar-refractivity contribution is 5.71. The summed E-state index contributed by atoms with van der Waals surface area (Å²) in [5, 5.41) is 0. The van der Waals surface area contributed by atoms with Crippen molar-refractivity contribution >= 4 is 17.9 Å². The minimum absolute atomic E-state index is 0.0882. The van der Waals surface area contributed by atoms with Crippen LogP contribution < -0.4 is 0 Å². The molecule has 0 aliphatic heterocycles. The maximum Gasteiger partial charge on any atom is 0.306 e. The zero-order valence-corrected chi connectivity index (χ0v) is 46.5. The van der Waals surface area contributed by atoms with Crippen LogP contribution in [0.2, 0.25) is 0 Å². The van der Waals surface area contributed by atoms with Crippen LogP contribution in [0.5, 0.6) is 0 Å². The molecule has 0 fully saturated rings. The summed E-state index contributed by atoms with van der Waals surface area (Å²) >= 11 is 0. The van der Waals surface area contributed by atoms with Crippen LogP contribution in [0.15, 0.2) is 97.2 Å². The zero-order valence-electron chi connectivity index (χ0n) is 46.5. The Morgan fingerprint density at radius 2 is 0.549 bits per heavy atom. The SMILES string of the molecule is CC/C=C\C/C=C\C/C=C\C/C=C\C/C=C\C/C=C\CCCCCCC(=O)OC(COC(=O)CCCCCCC)COC(=O)CCCCCCCCCCCCCCC/C=C\C/C=C\CCCCCCC. The zero-order chi connectivity index (χ0) is 51.4. The Morgan fingerprint density at radius 1 is 0.296 bits per heavy atom. The summed E-state index contributed by atoms with van der Waals surface area (Å²) in [5.74, 6) is -0.925. The highest BCUT2D eigenvalue weighted by Gasteiger charge is 2.19. The summed E-state index contributed by atoms with van der Waals surface area (Å²) in [6, 6.07) is 0. The third-order valence-corrected chi connectivity index (χ3v) is 12.6. The lowest BCUT2D eigenvalue weighted by molar-refractivity contribution is -0.167. The Balaban J connectivity index is 4.14. The molecule has 0 saturated carbocycles. The number of unbranched alkanes of at least 4 members (excludes halogenated alkanes) is 26. The predicted octanol–water partition coefficient (Wildman–Crippen LogP) is 20.1. The monoisotopic (exact) mass is 987 g/mol. The molecule has 0 heterocycles. The molecule has 0 saturated heterocycles. The first-order valence-electron chi connectivity index (χ1n) is 29.7. The first-order valence-corrected chi connectivity index (χ1v) is 29.7. The summed E-state index contributed by atoms with van der Waals surface area (Å²) in [6.45, 7) is 6.42. The summed E-state index contributed by atoms with van der Waals surface area (Å²) in [5.41, 5.74) is 0. The van der Waals surface area contributed by atoms with Crippen LogP contribution in [-0.2, 0) is 28.6 Å². The second-order valence-electron chi connectivity index (χ2n) is 19.5. The van der Waals surface area contributed by atoms with Gasteiger partial charge in [0.1, 0.15) is 13.2 Å². The van der Waals surface area contributed by atoms with Gasteiger partial charge in [-0.15, -0.1) is 0 Å². The average molecular weight is 988 g/mol. The van der Waals surface area contributed by atoms with Crippen LogP contribution in [0.25, 0.3) is 0 Å². The standard InChI is InChI=1S/C65H110O6/c1-4-7-10-13-15-17-19-21-23-25-27-29-31-32-34-35-37-39-41-43-45-47-49-52-55-58-64(67)70-61-62(60-69-63(66)57-54-51-12-9-6-3)71-65(68)59-56-53-50-48-46-44-42-40-38-36-33-30-28-26-24-22-20-18-16-14-11-8-5-2/h8,11,16,18-19,21-22,24-25,27-28,30,36,38,42,44,62H,4-7,9-10,12-15,17,20,23,26,29,31-35,37,39-41,43,45-61H2,1-3H3/b11-8-,18-16-,21-19-,24-22-,27-25-,30-28-,38-36-,44-42-. The molecule has 1 atom stereocenters. The van der Waals surface area contributed by atoms with Crippen LogP contribution >= 0.6 is 0 Å². The molecule has 0 bridgehead atoms. The normalized spacial score (nSPS) is 12.8.